The molecule has 0 unspecified atom stereocenters. The van der Waals surface area contributed by atoms with Crippen LogP contribution in [-0.2, 0) is 33.8 Å². The van der Waals surface area contributed by atoms with Gasteiger partial charge in [-0.2, -0.15) is 0 Å². The molecule has 0 spiro atoms. The largest absolute Gasteiger partial charge is 0.381 e. The van der Waals surface area contributed by atoms with E-state index in [-0.39, 0.29) is 11.8 Å². The maximum Gasteiger partial charge on any atom is 0.226 e. The molecule has 1 saturated heterocycles. The van der Waals surface area contributed by atoms with Gasteiger partial charge in [-0.05, 0) is 36.0 Å². The van der Waals surface area contributed by atoms with Gasteiger partial charge >= 0.3 is 0 Å². The molecule has 1 aromatic heterocycles. The second-order valence-electron chi connectivity index (χ2n) is 5.77. The number of hydrogen-bond acceptors (Lipinski definition) is 4. The molecule has 0 aliphatic carbocycles. The van der Waals surface area contributed by atoms with Gasteiger partial charge in [-0.1, -0.05) is 0 Å². The summed E-state index contributed by atoms with van der Waals surface area (Å²) in [6.45, 7) is 3.48. The number of aromatic nitrogens is 1. The highest BCUT2D eigenvalue weighted by molar-refractivity contribution is 5.79. The topological polar surface area (TPSA) is 51.7 Å². The highest BCUT2D eigenvalue weighted by atomic mass is 16.5. The van der Waals surface area contributed by atoms with Crippen molar-refractivity contribution in [1.82, 2.24) is 9.88 Å². The summed E-state index contributed by atoms with van der Waals surface area (Å²) in [5.41, 5.74) is 3.62. The lowest BCUT2D eigenvalue weighted by Crippen LogP contribution is -2.41. The molecule has 5 heteroatoms. The lowest BCUT2D eigenvalue weighted by atomic mass is 9.94. The van der Waals surface area contributed by atoms with Crippen LogP contribution in [0.5, 0.6) is 0 Å². The quantitative estimate of drug-likeness (QED) is 0.847. The molecule has 0 atom stereocenters. The molecule has 3 heterocycles. The number of ether oxygens (including phenoxy) is 2. The molecule has 0 bridgehead atoms. The summed E-state index contributed by atoms with van der Waals surface area (Å²) < 4.78 is 10.6. The fourth-order valence-electron chi connectivity index (χ4n) is 3.24. The molecular weight excluding hydrogens is 268 g/mol. The van der Waals surface area contributed by atoms with Gasteiger partial charge in [-0.3, -0.25) is 9.78 Å². The second kappa shape index (κ2) is 6.54. The Labute approximate surface area is 125 Å². The number of hydrogen-bond donors (Lipinski definition) is 0. The van der Waals surface area contributed by atoms with Crippen LogP contribution in [0.25, 0.3) is 0 Å². The molecule has 2 aliphatic heterocycles. The third kappa shape index (κ3) is 3.09. The Morgan fingerprint density at radius 1 is 1.43 bits per heavy atom. The van der Waals surface area contributed by atoms with Crippen molar-refractivity contribution < 1.29 is 14.3 Å². The fraction of sp³-hybridized carbons (Fsp3) is 0.625. The van der Waals surface area contributed by atoms with Gasteiger partial charge in [0.05, 0.1) is 6.61 Å². The summed E-state index contributed by atoms with van der Waals surface area (Å²) in [4.78, 5) is 18.9. The molecule has 3 rings (SSSR count). The van der Waals surface area contributed by atoms with Gasteiger partial charge in [-0.25, -0.2) is 0 Å². The Balaban J connectivity index is 1.72. The van der Waals surface area contributed by atoms with E-state index in [9.17, 15) is 4.79 Å². The van der Waals surface area contributed by atoms with Crippen LogP contribution < -0.4 is 0 Å². The number of fused-ring (bicyclic) bond motifs is 1. The van der Waals surface area contributed by atoms with Crippen molar-refractivity contribution in [1.29, 1.82) is 0 Å². The fourth-order valence-corrected chi connectivity index (χ4v) is 3.24. The van der Waals surface area contributed by atoms with Crippen LogP contribution in [0.3, 0.4) is 0 Å². The zero-order valence-corrected chi connectivity index (χ0v) is 12.5. The Morgan fingerprint density at radius 2 is 2.24 bits per heavy atom. The number of nitrogens with zero attached hydrogens (tertiary/aromatic N) is 2. The average molecular weight is 290 g/mol. The van der Waals surface area contributed by atoms with Gasteiger partial charge in [0.25, 0.3) is 0 Å². The monoisotopic (exact) mass is 290 g/mol. The average Bonchev–Trinajstić information content (AvgIpc) is 2.55. The van der Waals surface area contributed by atoms with Crippen LogP contribution >= 0.6 is 0 Å². The van der Waals surface area contributed by atoms with Crippen molar-refractivity contribution in [2.24, 2.45) is 5.92 Å². The first kappa shape index (κ1) is 14.5. The Morgan fingerprint density at radius 3 is 3.00 bits per heavy atom. The van der Waals surface area contributed by atoms with E-state index in [1.165, 1.54) is 5.56 Å². The number of carbonyl (C=O) groups is 1. The zero-order valence-electron chi connectivity index (χ0n) is 12.5. The van der Waals surface area contributed by atoms with Crippen LogP contribution in [0.2, 0.25) is 0 Å². The van der Waals surface area contributed by atoms with Gasteiger partial charge in [0.1, 0.15) is 0 Å². The number of amides is 1. The van der Waals surface area contributed by atoms with E-state index < -0.39 is 0 Å². The molecular formula is C16H22N2O3. The number of pyridine rings is 1. The van der Waals surface area contributed by atoms with Gasteiger partial charge in [0.2, 0.25) is 5.91 Å². The molecule has 0 saturated carbocycles. The van der Waals surface area contributed by atoms with Crippen molar-refractivity contribution in [2.75, 3.05) is 26.9 Å². The molecule has 1 fully saturated rings. The summed E-state index contributed by atoms with van der Waals surface area (Å²) in [6, 6.07) is 0. The first-order valence-electron chi connectivity index (χ1n) is 7.59. The molecule has 5 nitrogen and oxygen atoms in total. The highest BCUT2D eigenvalue weighted by Gasteiger charge is 2.29. The molecule has 1 amide bonds. The van der Waals surface area contributed by atoms with E-state index in [0.29, 0.717) is 26.4 Å². The Bertz CT molecular complexity index is 512. The summed E-state index contributed by atoms with van der Waals surface area (Å²) in [5, 5.41) is 0. The minimum Gasteiger partial charge on any atom is -0.381 e. The van der Waals surface area contributed by atoms with E-state index in [1.807, 2.05) is 17.3 Å². The number of rotatable bonds is 3. The lowest BCUT2D eigenvalue weighted by molar-refractivity contribution is -0.139. The zero-order chi connectivity index (χ0) is 14.7. The molecule has 21 heavy (non-hydrogen) atoms. The first-order valence-corrected chi connectivity index (χ1v) is 7.59. The summed E-state index contributed by atoms with van der Waals surface area (Å²) in [6.07, 6.45) is 6.36. The molecule has 0 radical (unpaired) electrons. The normalized spacial score (nSPS) is 19.4. The third-order valence-electron chi connectivity index (χ3n) is 4.41. The molecule has 2 aliphatic rings. The van der Waals surface area contributed by atoms with E-state index in [4.69, 9.17) is 9.47 Å². The maximum absolute atomic E-state index is 12.6. The van der Waals surface area contributed by atoms with Gasteiger partial charge < -0.3 is 14.4 Å². The second-order valence-corrected chi connectivity index (χ2v) is 5.77. The first-order chi connectivity index (χ1) is 10.3. The van der Waals surface area contributed by atoms with Gasteiger partial charge in [-0.15, -0.1) is 0 Å². The standard InChI is InChI=1S/C16H22N2O3/c1-20-11-14-9-17-8-13-10-18(5-2-15(13)14)16(19)12-3-6-21-7-4-12/h8-9,12H,2-7,10-11H2,1H3. The van der Waals surface area contributed by atoms with Crippen LogP contribution in [0.4, 0.5) is 0 Å². The third-order valence-corrected chi connectivity index (χ3v) is 4.41. The van der Waals surface area contributed by atoms with Gasteiger partial charge in [0, 0.05) is 51.7 Å². The molecule has 0 aromatic carbocycles. The minimum absolute atomic E-state index is 0.135. The molecule has 114 valence electrons. The van der Waals surface area contributed by atoms with Crippen LogP contribution in [0.15, 0.2) is 12.4 Å². The molecule has 0 N–H and O–H groups in total. The van der Waals surface area contributed by atoms with E-state index in [2.05, 4.69) is 4.98 Å². The van der Waals surface area contributed by atoms with Crippen molar-refractivity contribution in [2.45, 2.75) is 32.4 Å². The summed E-state index contributed by atoms with van der Waals surface area (Å²) in [5.74, 6) is 0.413. The van der Waals surface area contributed by atoms with Crippen LogP contribution in [0, 0.1) is 5.92 Å². The maximum atomic E-state index is 12.6. The van der Waals surface area contributed by atoms with Crippen molar-refractivity contribution in [3.8, 4) is 0 Å². The molecule has 1 aromatic rings. The van der Waals surface area contributed by atoms with E-state index >= 15 is 0 Å². The highest BCUT2D eigenvalue weighted by Crippen LogP contribution is 2.25. The minimum atomic E-state index is 0.135. The SMILES string of the molecule is COCc1cncc2c1CCN(C(=O)C1CCOCC1)C2. The summed E-state index contributed by atoms with van der Waals surface area (Å²) >= 11 is 0. The lowest BCUT2D eigenvalue weighted by Gasteiger charge is -2.33. The number of carbonyl (C=O) groups excluding carboxylic acids is 1. The predicted molar refractivity (Wildman–Crippen MR) is 77.6 cm³/mol. The number of methoxy groups -OCH3 is 1. The van der Waals surface area contributed by atoms with Crippen LogP contribution in [-0.4, -0.2) is 42.7 Å². The van der Waals surface area contributed by atoms with E-state index in [1.54, 1.807) is 7.11 Å². The Hall–Kier alpha value is -1.46. The van der Waals surface area contributed by atoms with Crippen molar-refractivity contribution in [3.05, 3.63) is 29.1 Å². The summed E-state index contributed by atoms with van der Waals surface area (Å²) in [7, 11) is 1.70. The van der Waals surface area contributed by atoms with Crippen molar-refractivity contribution in [3.63, 3.8) is 0 Å². The predicted octanol–water partition coefficient (Wildman–Crippen LogP) is 1.54. The van der Waals surface area contributed by atoms with Gasteiger partial charge in [0.15, 0.2) is 0 Å². The smallest absolute Gasteiger partial charge is 0.226 e. The van der Waals surface area contributed by atoms with Crippen molar-refractivity contribution >= 4 is 5.91 Å². The van der Waals surface area contributed by atoms with E-state index in [0.717, 1.165) is 36.9 Å². The van der Waals surface area contributed by atoms with Crippen LogP contribution in [0.1, 0.15) is 29.5 Å². The Kier molecular flexibility index (Phi) is 4.51.